The van der Waals surface area contributed by atoms with Gasteiger partial charge in [-0.25, -0.2) is 0 Å². The molecule has 0 aromatic carbocycles. The highest BCUT2D eigenvalue weighted by Crippen LogP contribution is 2.18. The van der Waals surface area contributed by atoms with E-state index in [1.807, 2.05) is 32.6 Å². The molecule has 6 heteroatoms. The summed E-state index contributed by atoms with van der Waals surface area (Å²) in [4.78, 5) is 16.6. The van der Waals surface area contributed by atoms with E-state index >= 15 is 0 Å². The van der Waals surface area contributed by atoms with Crippen LogP contribution in [0, 0.1) is 13.8 Å². The van der Waals surface area contributed by atoms with Gasteiger partial charge in [-0.05, 0) is 26.7 Å². The monoisotopic (exact) mass is 323 g/mol. The third-order valence-electron chi connectivity index (χ3n) is 5.07. The predicted molar refractivity (Wildman–Crippen MR) is 88.2 cm³/mol. The van der Waals surface area contributed by atoms with Gasteiger partial charge in [-0.15, -0.1) is 0 Å². The lowest BCUT2D eigenvalue weighted by Gasteiger charge is -2.39. The summed E-state index contributed by atoms with van der Waals surface area (Å²) in [6.45, 7) is 11.5. The predicted octanol–water partition coefficient (Wildman–Crippen LogP) is 1.53. The number of hydrogen-bond acceptors (Lipinski definition) is 5. The van der Waals surface area contributed by atoms with Crippen LogP contribution < -0.4 is 0 Å². The molecule has 2 rings (SSSR count). The van der Waals surface area contributed by atoms with Gasteiger partial charge in [0.1, 0.15) is 5.76 Å². The maximum absolute atomic E-state index is 12.5. The van der Waals surface area contributed by atoms with Crippen molar-refractivity contribution in [1.29, 1.82) is 0 Å². The van der Waals surface area contributed by atoms with Crippen LogP contribution in [-0.2, 0) is 11.2 Å². The Bertz CT molecular complexity index is 510. The number of nitrogens with zero attached hydrogens (tertiary/aromatic N) is 3. The molecule has 0 unspecified atom stereocenters. The van der Waals surface area contributed by atoms with Crippen molar-refractivity contribution in [2.75, 3.05) is 32.7 Å². The minimum Gasteiger partial charge on any atom is -0.389 e. The van der Waals surface area contributed by atoms with Crippen molar-refractivity contribution < 1.29 is 14.4 Å². The molecule has 1 aliphatic heterocycles. The molecule has 23 heavy (non-hydrogen) atoms. The third-order valence-corrected chi connectivity index (χ3v) is 5.07. The second kappa shape index (κ2) is 7.45. The molecule has 2 heterocycles. The number of hydrogen-bond donors (Lipinski definition) is 1. The highest BCUT2D eigenvalue weighted by atomic mass is 16.5. The standard InChI is InChI=1S/C17H29N3O3/c1-5-17(22,6-2)12-19-7-9-20(10-8-19)16(21)11-15-13(3)18-23-14(15)4/h22H,5-12H2,1-4H3. The van der Waals surface area contributed by atoms with Gasteiger partial charge < -0.3 is 14.5 Å². The van der Waals surface area contributed by atoms with E-state index in [2.05, 4.69) is 10.1 Å². The van der Waals surface area contributed by atoms with Gasteiger partial charge >= 0.3 is 0 Å². The second-order valence-corrected chi connectivity index (χ2v) is 6.57. The lowest BCUT2D eigenvalue weighted by atomic mass is 9.96. The topological polar surface area (TPSA) is 69.8 Å². The van der Waals surface area contributed by atoms with E-state index in [-0.39, 0.29) is 5.91 Å². The van der Waals surface area contributed by atoms with Crippen molar-refractivity contribution >= 4 is 5.91 Å². The summed E-state index contributed by atoms with van der Waals surface area (Å²) in [5.41, 5.74) is 1.09. The van der Waals surface area contributed by atoms with Gasteiger partial charge in [0.15, 0.2) is 0 Å². The van der Waals surface area contributed by atoms with E-state index in [0.717, 1.165) is 42.9 Å². The van der Waals surface area contributed by atoms with Crippen LogP contribution in [0.2, 0.25) is 0 Å². The first-order valence-corrected chi connectivity index (χ1v) is 8.52. The lowest BCUT2D eigenvalue weighted by molar-refractivity contribution is -0.132. The number of piperazine rings is 1. The average Bonchev–Trinajstić information content (AvgIpc) is 2.87. The van der Waals surface area contributed by atoms with Gasteiger partial charge in [0.25, 0.3) is 0 Å². The number of rotatable bonds is 6. The van der Waals surface area contributed by atoms with Gasteiger partial charge in [0.05, 0.1) is 17.7 Å². The molecule has 6 nitrogen and oxygen atoms in total. The molecule has 1 aromatic rings. The fraction of sp³-hybridized carbons (Fsp3) is 0.765. The molecule has 1 saturated heterocycles. The average molecular weight is 323 g/mol. The molecule has 0 bridgehead atoms. The van der Waals surface area contributed by atoms with Crippen LogP contribution in [-0.4, -0.2) is 64.3 Å². The van der Waals surface area contributed by atoms with Crippen molar-refractivity contribution in [1.82, 2.24) is 15.0 Å². The van der Waals surface area contributed by atoms with Crippen LogP contribution in [0.15, 0.2) is 4.52 Å². The number of aliphatic hydroxyl groups is 1. The van der Waals surface area contributed by atoms with Gasteiger partial charge in [-0.1, -0.05) is 19.0 Å². The van der Waals surface area contributed by atoms with Crippen molar-refractivity contribution in [3.8, 4) is 0 Å². The molecular weight excluding hydrogens is 294 g/mol. The summed E-state index contributed by atoms with van der Waals surface area (Å²) in [6, 6.07) is 0. The molecule has 0 aliphatic carbocycles. The fourth-order valence-electron chi connectivity index (χ4n) is 3.06. The van der Waals surface area contributed by atoms with Gasteiger partial charge in [0, 0.05) is 38.3 Å². The van der Waals surface area contributed by atoms with Gasteiger partial charge in [-0.2, -0.15) is 0 Å². The number of β-amino-alcohol motifs (C(OH)–C–C–N with tert-alkyl or cyclic N) is 1. The quantitative estimate of drug-likeness (QED) is 0.860. The SMILES string of the molecule is CCC(O)(CC)CN1CCN(C(=O)Cc2c(C)noc2C)CC1. The number of carbonyl (C=O) groups excluding carboxylic acids is 1. The number of aromatic nitrogens is 1. The van der Waals surface area contributed by atoms with Crippen LogP contribution in [0.1, 0.15) is 43.7 Å². The third kappa shape index (κ3) is 4.32. The van der Waals surface area contributed by atoms with Gasteiger partial charge in [-0.3, -0.25) is 9.69 Å². The molecule has 0 spiro atoms. The number of amides is 1. The number of aryl methyl sites for hydroxylation is 2. The fourth-order valence-corrected chi connectivity index (χ4v) is 3.06. The molecule has 1 N–H and O–H groups in total. The van der Waals surface area contributed by atoms with Crippen LogP contribution in [0.25, 0.3) is 0 Å². The number of carbonyl (C=O) groups is 1. The Hall–Kier alpha value is -1.40. The van der Waals surface area contributed by atoms with Crippen molar-refractivity contribution in [3.05, 3.63) is 17.0 Å². The molecule has 130 valence electrons. The summed E-state index contributed by atoms with van der Waals surface area (Å²) in [6.07, 6.45) is 1.87. The normalized spacial score (nSPS) is 16.8. The van der Waals surface area contributed by atoms with E-state index in [1.54, 1.807) is 0 Å². The Morgan fingerprint density at radius 1 is 1.22 bits per heavy atom. The zero-order valence-electron chi connectivity index (χ0n) is 14.8. The second-order valence-electron chi connectivity index (χ2n) is 6.57. The van der Waals surface area contributed by atoms with E-state index in [1.165, 1.54) is 0 Å². The highest BCUT2D eigenvalue weighted by molar-refractivity contribution is 5.79. The van der Waals surface area contributed by atoms with Crippen LogP contribution >= 0.6 is 0 Å². The highest BCUT2D eigenvalue weighted by Gasteiger charge is 2.29. The van der Waals surface area contributed by atoms with Gasteiger partial charge in [0.2, 0.25) is 5.91 Å². The molecule has 0 radical (unpaired) electrons. The first-order chi connectivity index (χ1) is 10.9. The molecule has 1 aliphatic rings. The van der Waals surface area contributed by atoms with E-state index in [4.69, 9.17) is 4.52 Å². The largest absolute Gasteiger partial charge is 0.389 e. The summed E-state index contributed by atoms with van der Waals surface area (Å²) < 4.78 is 5.12. The molecule has 1 amide bonds. The van der Waals surface area contributed by atoms with Crippen molar-refractivity contribution in [2.45, 2.75) is 52.6 Å². The van der Waals surface area contributed by atoms with Crippen molar-refractivity contribution in [3.63, 3.8) is 0 Å². The lowest BCUT2D eigenvalue weighted by Crippen LogP contribution is -2.53. The molecule has 0 saturated carbocycles. The summed E-state index contributed by atoms with van der Waals surface area (Å²) in [7, 11) is 0. The molecule has 0 atom stereocenters. The first kappa shape index (κ1) is 17.9. The summed E-state index contributed by atoms with van der Waals surface area (Å²) >= 11 is 0. The Morgan fingerprint density at radius 2 is 1.83 bits per heavy atom. The van der Waals surface area contributed by atoms with E-state index < -0.39 is 5.60 Å². The Morgan fingerprint density at radius 3 is 2.30 bits per heavy atom. The maximum atomic E-state index is 12.5. The Balaban J connectivity index is 1.85. The van der Waals surface area contributed by atoms with E-state index in [9.17, 15) is 9.90 Å². The van der Waals surface area contributed by atoms with Crippen LogP contribution in [0.5, 0.6) is 0 Å². The smallest absolute Gasteiger partial charge is 0.227 e. The Kier molecular flexibility index (Phi) is 5.81. The van der Waals surface area contributed by atoms with Crippen molar-refractivity contribution in [2.24, 2.45) is 0 Å². The first-order valence-electron chi connectivity index (χ1n) is 8.52. The molecular formula is C17H29N3O3. The Labute approximate surface area is 138 Å². The zero-order chi connectivity index (χ0) is 17.0. The summed E-state index contributed by atoms with van der Waals surface area (Å²) in [5.74, 6) is 0.853. The molecule has 1 fully saturated rings. The van der Waals surface area contributed by atoms with E-state index in [0.29, 0.717) is 26.1 Å². The zero-order valence-corrected chi connectivity index (χ0v) is 14.8. The maximum Gasteiger partial charge on any atom is 0.227 e. The summed E-state index contributed by atoms with van der Waals surface area (Å²) in [5, 5.41) is 14.4. The molecule has 1 aromatic heterocycles. The minimum atomic E-state index is -0.608. The minimum absolute atomic E-state index is 0.125. The van der Waals surface area contributed by atoms with Crippen LogP contribution in [0.4, 0.5) is 0 Å². The van der Waals surface area contributed by atoms with Crippen LogP contribution in [0.3, 0.4) is 0 Å².